The van der Waals surface area contributed by atoms with Crippen LogP contribution in [-0.4, -0.2) is 16.1 Å². The Hall–Kier alpha value is -1.04. The lowest BCUT2D eigenvalue weighted by Crippen LogP contribution is -2.30. The summed E-state index contributed by atoms with van der Waals surface area (Å²) in [5, 5.41) is 3.02. The molecule has 1 aliphatic rings. The molecule has 1 aromatic heterocycles. The maximum absolute atomic E-state index is 12.5. The summed E-state index contributed by atoms with van der Waals surface area (Å²) in [6.45, 7) is 2.97. The van der Waals surface area contributed by atoms with Crippen LogP contribution in [0.4, 0.5) is 13.2 Å². The van der Waals surface area contributed by atoms with Crippen LogP contribution in [0.2, 0.25) is 0 Å². The summed E-state index contributed by atoms with van der Waals surface area (Å²) in [6, 6.07) is 0. The van der Waals surface area contributed by atoms with Crippen LogP contribution in [0.5, 0.6) is 0 Å². The minimum absolute atomic E-state index is 0.338. The number of aromatic nitrogens is 2. The first-order valence-corrected chi connectivity index (χ1v) is 4.34. The molecule has 1 N–H and O–H groups in total. The summed E-state index contributed by atoms with van der Waals surface area (Å²) >= 11 is 0. The molecule has 0 bridgehead atoms. The zero-order chi connectivity index (χ0) is 10.3. The Morgan fingerprint density at radius 3 is 2.79 bits per heavy atom. The number of rotatable bonds is 0. The second kappa shape index (κ2) is 2.98. The third-order valence-corrected chi connectivity index (χ3v) is 2.33. The van der Waals surface area contributed by atoms with Crippen molar-refractivity contribution in [1.82, 2.24) is 14.9 Å². The first-order chi connectivity index (χ1) is 6.50. The van der Waals surface area contributed by atoms with Crippen molar-refractivity contribution in [3.8, 4) is 0 Å². The molecular formula is C8H10F3N3. The van der Waals surface area contributed by atoms with Gasteiger partial charge in [0.05, 0.1) is 11.4 Å². The van der Waals surface area contributed by atoms with Gasteiger partial charge in [-0.3, -0.25) is 0 Å². The van der Waals surface area contributed by atoms with Crippen LogP contribution in [0.1, 0.15) is 17.2 Å². The van der Waals surface area contributed by atoms with E-state index in [1.807, 2.05) is 0 Å². The fourth-order valence-corrected chi connectivity index (χ4v) is 1.69. The molecule has 1 aromatic rings. The van der Waals surface area contributed by atoms with Crippen LogP contribution in [-0.2, 0) is 19.3 Å². The van der Waals surface area contributed by atoms with Crippen molar-refractivity contribution < 1.29 is 13.2 Å². The van der Waals surface area contributed by atoms with E-state index in [0.29, 0.717) is 31.0 Å². The first-order valence-electron chi connectivity index (χ1n) is 4.34. The predicted molar refractivity (Wildman–Crippen MR) is 43.7 cm³/mol. The summed E-state index contributed by atoms with van der Waals surface area (Å²) in [4.78, 5) is 3.56. The molecule has 0 atom stereocenters. The SMILES string of the molecule is Cc1nc(C(F)(F)F)n2c1CNCC2. The van der Waals surface area contributed by atoms with E-state index in [9.17, 15) is 13.2 Å². The van der Waals surface area contributed by atoms with Gasteiger partial charge in [0.2, 0.25) is 5.82 Å². The number of nitrogens with zero attached hydrogens (tertiary/aromatic N) is 2. The Labute approximate surface area is 78.9 Å². The quantitative estimate of drug-likeness (QED) is 0.692. The van der Waals surface area contributed by atoms with Crippen molar-refractivity contribution in [3.05, 3.63) is 17.2 Å². The highest BCUT2D eigenvalue weighted by molar-refractivity contribution is 5.18. The third-order valence-electron chi connectivity index (χ3n) is 2.33. The van der Waals surface area contributed by atoms with Crippen LogP contribution in [0, 0.1) is 6.92 Å². The molecule has 2 heterocycles. The van der Waals surface area contributed by atoms with Crippen molar-refractivity contribution in [2.75, 3.05) is 6.54 Å². The fourth-order valence-electron chi connectivity index (χ4n) is 1.69. The van der Waals surface area contributed by atoms with Crippen LogP contribution < -0.4 is 5.32 Å². The number of nitrogens with one attached hydrogen (secondary N) is 1. The highest BCUT2D eigenvalue weighted by Crippen LogP contribution is 2.30. The van der Waals surface area contributed by atoms with Crippen molar-refractivity contribution in [2.24, 2.45) is 0 Å². The minimum Gasteiger partial charge on any atom is -0.322 e. The van der Waals surface area contributed by atoms with Crippen molar-refractivity contribution in [1.29, 1.82) is 0 Å². The molecule has 0 radical (unpaired) electrons. The van der Waals surface area contributed by atoms with Gasteiger partial charge in [0.25, 0.3) is 0 Å². The average molecular weight is 205 g/mol. The molecule has 1 aliphatic heterocycles. The second-order valence-corrected chi connectivity index (χ2v) is 3.29. The molecule has 0 spiro atoms. The predicted octanol–water partition coefficient (Wildman–Crippen LogP) is 1.31. The first kappa shape index (κ1) is 9.51. The van der Waals surface area contributed by atoms with E-state index in [1.165, 1.54) is 4.57 Å². The van der Waals surface area contributed by atoms with Gasteiger partial charge in [0.15, 0.2) is 0 Å². The minimum atomic E-state index is -4.35. The summed E-state index contributed by atoms with van der Waals surface area (Å²) in [5.74, 6) is -0.772. The smallest absolute Gasteiger partial charge is 0.322 e. The standard InChI is InChI=1S/C8H10F3N3/c1-5-6-4-12-2-3-14(6)7(13-5)8(9,10)11/h12H,2-4H2,1H3. The van der Waals surface area contributed by atoms with Gasteiger partial charge < -0.3 is 9.88 Å². The third kappa shape index (κ3) is 1.39. The van der Waals surface area contributed by atoms with Crippen LogP contribution >= 0.6 is 0 Å². The van der Waals surface area contributed by atoms with Gasteiger partial charge in [-0.25, -0.2) is 4.98 Å². The van der Waals surface area contributed by atoms with Gasteiger partial charge in [-0.05, 0) is 6.92 Å². The van der Waals surface area contributed by atoms with Crippen LogP contribution in [0.25, 0.3) is 0 Å². The molecule has 0 saturated heterocycles. The largest absolute Gasteiger partial charge is 0.449 e. The Balaban J connectivity index is 2.52. The topological polar surface area (TPSA) is 29.9 Å². The van der Waals surface area contributed by atoms with Gasteiger partial charge >= 0.3 is 6.18 Å². The zero-order valence-electron chi connectivity index (χ0n) is 7.65. The van der Waals surface area contributed by atoms with E-state index in [0.717, 1.165) is 0 Å². The molecule has 14 heavy (non-hydrogen) atoms. The second-order valence-electron chi connectivity index (χ2n) is 3.29. The van der Waals surface area contributed by atoms with E-state index in [2.05, 4.69) is 10.3 Å². The molecule has 0 aliphatic carbocycles. The van der Waals surface area contributed by atoms with E-state index in [-0.39, 0.29) is 0 Å². The summed E-state index contributed by atoms with van der Waals surface area (Å²) in [7, 11) is 0. The lowest BCUT2D eigenvalue weighted by Gasteiger charge is -2.18. The van der Waals surface area contributed by atoms with E-state index < -0.39 is 12.0 Å². The van der Waals surface area contributed by atoms with Gasteiger partial charge in [0.1, 0.15) is 0 Å². The maximum atomic E-state index is 12.5. The Morgan fingerprint density at radius 2 is 2.14 bits per heavy atom. The van der Waals surface area contributed by atoms with Gasteiger partial charge in [-0.15, -0.1) is 0 Å². The number of aryl methyl sites for hydroxylation is 1. The molecule has 0 saturated carbocycles. The summed E-state index contributed by atoms with van der Waals surface area (Å²) < 4.78 is 38.7. The monoisotopic (exact) mass is 205 g/mol. The van der Waals surface area contributed by atoms with Crippen molar-refractivity contribution in [2.45, 2.75) is 26.2 Å². The fraction of sp³-hybridized carbons (Fsp3) is 0.625. The molecular weight excluding hydrogens is 195 g/mol. The molecule has 0 amide bonds. The van der Waals surface area contributed by atoms with Crippen LogP contribution in [0.3, 0.4) is 0 Å². The number of hydrogen-bond acceptors (Lipinski definition) is 2. The lowest BCUT2D eigenvalue weighted by atomic mass is 10.3. The highest BCUT2D eigenvalue weighted by atomic mass is 19.4. The molecule has 0 unspecified atom stereocenters. The van der Waals surface area contributed by atoms with Gasteiger partial charge in [-0.2, -0.15) is 13.2 Å². The molecule has 0 fully saturated rings. The number of imidazole rings is 1. The molecule has 0 aromatic carbocycles. The summed E-state index contributed by atoms with van der Waals surface area (Å²) in [6.07, 6.45) is -4.35. The molecule has 2 rings (SSSR count). The zero-order valence-corrected chi connectivity index (χ0v) is 7.65. The van der Waals surface area contributed by atoms with Crippen molar-refractivity contribution in [3.63, 3.8) is 0 Å². The maximum Gasteiger partial charge on any atom is 0.449 e. The normalized spacial score (nSPS) is 16.9. The van der Waals surface area contributed by atoms with Crippen LogP contribution in [0.15, 0.2) is 0 Å². The Morgan fingerprint density at radius 1 is 1.43 bits per heavy atom. The lowest BCUT2D eigenvalue weighted by molar-refractivity contribution is -0.147. The number of halogens is 3. The summed E-state index contributed by atoms with van der Waals surface area (Å²) in [5.41, 5.74) is 1.10. The Bertz CT molecular complexity index is 353. The average Bonchev–Trinajstić information content (AvgIpc) is 2.44. The molecule has 78 valence electrons. The highest BCUT2D eigenvalue weighted by Gasteiger charge is 2.38. The number of hydrogen-bond donors (Lipinski definition) is 1. The number of fused-ring (bicyclic) bond motifs is 1. The van der Waals surface area contributed by atoms with E-state index >= 15 is 0 Å². The van der Waals surface area contributed by atoms with E-state index in [1.54, 1.807) is 6.92 Å². The number of alkyl halides is 3. The molecule has 3 nitrogen and oxygen atoms in total. The molecule has 6 heteroatoms. The van der Waals surface area contributed by atoms with Crippen molar-refractivity contribution >= 4 is 0 Å². The van der Waals surface area contributed by atoms with E-state index in [4.69, 9.17) is 0 Å². The van der Waals surface area contributed by atoms with Gasteiger partial charge in [-0.1, -0.05) is 0 Å². The Kier molecular flexibility index (Phi) is 2.02. The van der Waals surface area contributed by atoms with Gasteiger partial charge in [0, 0.05) is 19.6 Å².